The average Bonchev–Trinajstić information content (AvgIpc) is 2.70. The molecule has 2 nitrogen and oxygen atoms in total. The van der Waals surface area contributed by atoms with Gasteiger partial charge < -0.3 is 5.73 Å². The molecule has 126 valence electrons. The normalized spacial score (nSPS) is 10.3. The van der Waals surface area contributed by atoms with Crippen LogP contribution in [0.5, 0.6) is 0 Å². The minimum atomic E-state index is -0.481. The quantitative estimate of drug-likeness (QED) is 0.547. The summed E-state index contributed by atoms with van der Waals surface area (Å²) in [6, 6.07) is 32.1. The summed E-state index contributed by atoms with van der Waals surface area (Å²) < 4.78 is 0. The number of benzene rings is 3. The smallest absolute Gasteiger partial charge is 0.240 e. The average molecular weight is 329 g/mol. The summed E-state index contributed by atoms with van der Waals surface area (Å²) >= 11 is 0. The van der Waals surface area contributed by atoms with E-state index in [1.807, 2.05) is 0 Å². The number of carbonyl (C=O) groups is 1. The number of primary amides is 1. The van der Waals surface area contributed by atoms with Crippen LogP contribution in [0, 0.1) is 0 Å². The Morgan fingerprint density at radius 3 is 1.20 bits per heavy atom. The zero-order valence-corrected chi connectivity index (χ0v) is 14.4. The van der Waals surface area contributed by atoms with Gasteiger partial charge in [0.25, 0.3) is 0 Å². The standard InChI is InChI=1S/C20H18.C3H5NO/c1-20(17-11-5-2-6-12-17,18-13-7-3-8-14-18)19-15-9-4-10-16-19;1-2-3(4)5/h2-16H,1H3;2H,1H2,(H2,4,5). The molecule has 3 aromatic rings. The van der Waals surface area contributed by atoms with Crippen molar-refractivity contribution in [2.45, 2.75) is 12.3 Å². The molecule has 0 aliphatic rings. The van der Waals surface area contributed by atoms with Gasteiger partial charge in [-0.2, -0.15) is 0 Å². The zero-order valence-electron chi connectivity index (χ0n) is 14.4. The van der Waals surface area contributed by atoms with Gasteiger partial charge in [0.05, 0.1) is 0 Å². The highest BCUT2D eigenvalue weighted by Gasteiger charge is 2.30. The third-order valence-corrected chi connectivity index (χ3v) is 4.25. The van der Waals surface area contributed by atoms with E-state index in [-0.39, 0.29) is 5.41 Å². The molecule has 2 heteroatoms. The van der Waals surface area contributed by atoms with Gasteiger partial charge in [-0.05, 0) is 29.7 Å². The first kappa shape index (κ1) is 18.2. The Bertz CT molecular complexity index is 699. The lowest BCUT2D eigenvalue weighted by Gasteiger charge is -2.31. The van der Waals surface area contributed by atoms with E-state index in [1.54, 1.807) is 0 Å². The zero-order chi connectivity index (χ0) is 18.1. The molecule has 25 heavy (non-hydrogen) atoms. The van der Waals surface area contributed by atoms with Gasteiger partial charge in [0.2, 0.25) is 5.91 Å². The summed E-state index contributed by atoms with van der Waals surface area (Å²) in [7, 11) is 0. The molecule has 0 bridgehead atoms. The molecule has 0 unspecified atom stereocenters. The van der Waals surface area contributed by atoms with Crippen LogP contribution in [0.25, 0.3) is 0 Å². The van der Waals surface area contributed by atoms with Crippen LogP contribution < -0.4 is 5.73 Å². The molecule has 1 amide bonds. The molecule has 0 saturated heterocycles. The summed E-state index contributed by atoms with van der Waals surface area (Å²) in [4.78, 5) is 9.47. The Balaban J connectivity index is 0.000000399. The number of hydrogen-bond acceptors (Lipinski definition) is 1. The maximum Gasteiger partial charge on any atom is 0.240 e. The van der Waals surface area contributed by atoms with E-state index in [9.17, 15) is 4.79 Å². The van der Waals surface area contributed by atoms with Crippen LogP contribution in [-0.2, 0) is 10.2 Å². The molecule has 0 aromatic heterocycles. The fourth-order valence-electron chi connectivity index (χ4n) is 2.81. The van der Waals surface area contributed by atoms with Crippen LogP contribution in [0.4, 0.5) is 0 Å². The lowest BCUT2D eigenvalue weighted by molar-refractivity contribution is -0.113. The fraction of sp³-hybridized carbons (Fsp3) is 0.0870. The molecule has 0 radical (unpaired) electrons. The summed E-state index contributed by atoms with van der Waals surface area (Å²) in [6.07, 6.45) is 1.06. The number of carbonyl (C=O) groups excluding carboxylic acids is 1. The van der Waals surface area contributed by atoms with Crippen LogP contribution in [0.2, 0.25) is 0 Å². The van der Waals surface area contributed by atoms with Gasteiger partial charge in [-0.15, -0.1) is 0 Å². The first-order valence-corrected chi connectivity index (χ1v) is 8.17. The van der Waals surface area contributed by atoms with E-state index in [4.69, 9.17) is 0 Å². The predicted molar refractivity (Wildman–Crippen MR) is 104 cm³/mol. The number of amides is 1. The first-order chi connectivity index (χ1) is 12.1. The number of hydrogen-bond donors (Lipinski definition) is 1. The maximum atomic E-state index is 9.47. The molecule has 2 N–H and O–H groups in total. The van der Waals surface area contributed by atoms with Gasteiger partial charge in [0.15, 0.2) is 0 Å². The second kappa shape index (κ2) is 8.65. The summed E-state index contributed by atoms with van der Waals surface area (Å²) in [5, 5.41) is 0. The van der Waals surface area contributed by atoms with Gasteiger partial charge >= 0.3 is 0 Å². The maximum absolute atomic E-state index is 9.47. The lowest BCUT2D eigenvalue weighted by Crippen LogP contribution is -2.25. The van der Waals surface area contributed by atoms with E-state index in [0.717, 1.165) is 6.08 Å². The van der Waals surface area contributed by atoms with Crippen molar-refractivity contribution in [3.05, 3.63) is 120 Å². The van der Waals surface area contributed by atoms with E-state index in [1.165, 1.54) is 16.7 Å². The van der Waals surface area contributed by atoms with E-state index >= 15 is 0 Å². The van der Waals surface area contributed by atoms with Crippen molar-refractivity contribution in [1.29, 1.82) is 0 Å². The predicted octanol–water partition coefficient (Wildman–Crippen LogP) is 4.70. The highest BCUT2D eigenvalue weighted by Crippen LogP contribution is 2.38. The monoisotopic (exact) mass is 329 g/mol. The van der Waals surface area contributed by atoms with Crippen LogP contribution >= 0.6 is 0 Å². The van der Waals surface area contributed by atoms with Gasteiger partial charge in [-0.25, -0.2) is 0 Å². The molecule has 3 aromatic carbocycles. The molecule has 0 aliphatic carbocycles. The molecule has 0 spiro atoms. The largest absolute Gasteiger partial charge is 0.366 e. The molecule has 3 rings (SSSR count). The minimum absolute atomic E-state index is 0.121. The van der Waals surface area contributed by atoms with Gasteiger partial charge in [-0.1, -0.05) is 97.6 Å². The van der Waals surface area contributed by atoms with Gasteiger partial charge in [0, 0.05) is 5.41 Å². The SMILES string of the molecule is C=CC(N)=O.CC(c1ccccc1)(c1ccccc1)c1ccccc1. The van der Waals surface area contributed by atoms with Crippen molar-refractivity contribution in [2.75, 3.05) is 0 Å². The van der Waals surface area contributed by atoms with Crippen molar-refractivity contribution in [3.8, 4) is 0 Å². The van der Waals surface area contributed by atoms with Crippen molar-refractivity contribution in [3.63, 3.8) is 0 Å². The van der Waals surface area contributed by atoms with Crippen LogP contribution in [0.3, 0.4) is 0 Å². The van der Waals surface area contributed by atoms with Crippen LogP contribution in [0.15, 0.2) is 104 Å². The van der Waals surface area contributed by atoms with Crippen LogP contribution in [0.1, 0.15) is 23.6 Å². The second-order valence-electron chi connectivity index (χ2n) is 5.83. The summed E-state index contributed by atoms with van der Waals surface area (Å²) in [5.41, 5.74) is 8.36. The molecular formula is C23H23NO. The summed E-state index contributed by atoms with van der Waals surface area (Å²) in [5.74, 6) is -0.481. The second-order valence-corrected chi connectivity index (χ2v) is 5.83. The topological polar surface area (TPSA) is 43.1 Å². The van der Waals surface area contributed by atoms with Gasteiger partial charge in [-0.3, -0.25) is 4.79 Å². The van der Waals surface area contributed by atoms with Gasteiger partial charge in [0.1, 0.15) is 0 Å². The number of nitrogens with two attached hydrogens (primary N) is 1. The van der Waals surface area contributed by atoms with E-state index in [2.05, 4.69) is 110 Å². The molecule has 0 fully saturated rings. The number of rotatable bonds is 4. The molecule has 0 heterocycles. The fourth-order valence-corrected chi connectivity index (χ4v) is 2.81. The lowest BCUT2D eigenvalue weighted by atomic mass is 9.71. The Morgan fingerprint density at radius 2 is 1.00 bits per heavy atom. The van der Waals surface area contributed by atoms with Crippen molar-refractivity contribution >= 4 is 5.91 Å². The third-order valence-electron chi connectivity index (χ3n) is 4.25. The van der Waals surface area contributed by atoms with Crippen LogP contribution in [-0.4, -0.2) is 5.91 Å². The van der Waals surface area contributed by atoms with Crippen molar-refractivity contribution < 1.29 is 4.79 Å². The Kier molecular flexibility index (Phi) is 6.30. The summed E-state index contributed by atoms with van der Waals surface area (Å²) in [6.45, 7) is 5.38. The molecule has 0 aliphatic heterocycles. The Hall–Kier alpha value is -3.13. The minimum Gasteiger partial charge on any atom is -0.366 e. The highest BCUT2D eigenvalue weighted by atomic mass is 16.1. The molecule has 0 saturated carbocycles. The van der Waals surface area contributed by atoms with E-state index < -0.39 is 5.91 Å². The molecular weight excluding hydrogens is 306 g/mol. The molecule has 0 atom stereocenters. The highest BCUT2D eigenvalue weighted by molar-refractivity contribution is 5.84. The van der Waals surface area contributed by atoms with E-state index in [0.29, 0.717) is 0 Å². The Labute approximate surface area is 149 Å². The van der Waals surface area contributed by atoms with Crippen molar-refractivity contribution in [2.24, 2.45) is 5.73 Å². The van der Waals surface area contributed by atoms with Crippen molar-refractivity contribution in [1.82, 2.24) is 0 Å². The third kappa shape index (κ3) is 4.45. The first-order valence-electron chi connectivity index (χ1n) is 8.17. The Morgan fingerprint density at radius 1 is 0.760 bits per heavy atom.